The quantitative estimate of drug-likeness (QED) is 0.596. The summed E-state index contributed by atoms with van der Waals surface area (Å²) in [5, 5.41) is 0.544. The largest absolute Gasteiger partial charge is 0.460 e. The fourth-order valence-corrected chi connectivity index (χ4v) is 3.74. The number of carbonyl (C=O) groups is 2. The standard InChI is InChI=1S/C23H22ClF2NO3/c1-13(2)30-23(29)22-14(3)27(12-15-8-18(25)10-19(26)9-15)21(28)11-20(22)16-4-6-17(24)7-5-16/h4-10,13,20H,11-12H2,1-3H3/t20-/m1/s1. The summed E-state index contributed by atoms with van der Waals surface area (Å²) in [6.07, 6.45) is -0.314. The lowest BCUT2D eigenvalue weighted by molar-refractivity contribution is -0.143. The zero-order valence-corrected chi connectivity index (χ0v) is 17.7. The number of amides is 1. The highest BCUT2D eigenvalue weighted by molar-refractivity contribution is 6.30. The first-order valence-electron chi connectivity index (χ1n) is 9.58. The second-order valence-corrected chi connectivity index (χ2v) is 7.96. The topological polar surface area (TPSA) is 46.6 Å². The Balaban J connectivity index is 2.04. The van der Waals surface area contributed by atoms with Gasteiger partial charge in [-0.1, -0.05) is 23.7 Å². The Hall–Kier alpha value is -2.73. The first-order chi connectivity index (χ1) is 14.2. The minimum absolute atomic E-state index is 0.0271. The third-order valence-corrected chi connectivity index (χ3v) is 5.17. The lowest BCUT2D eigenvalue weighted by atomic mass is 9.83. The lowest BCUT2D eigenvalue weighted by Gasteiger charge is -2.35. The summed E-state index contributed by atoms with van der Waals surface area (Å²) in [5.41, 5.74) is 1.81. The number of rotatable bonds is 5. The maximum Gasteiger partial charge on any atom is 0.336 e. The maximum atomic E-state index is 13.6. The van der Waals surface area contributed by atoms with Crippen LogP contribution >= 0.6 is 11.6 Å². The van der Waals surface area contributed by atoms with Gasteiger partial charge >= 0.3 is 5.97 Å². The van der Waals surface area contributed by atoms with Gasteiger partial charge in [0, 0.05) is 29.1 Å². The number of hydrogen-bond donors (Lipinski definition) is 0. The van der Waals surface area contributed by atoms with E-state index in [0.717, 1.165) is 11.6 Å². The summed E-state index contributed by atoms with van der Waals surface area (Å²) in [6.45, 7) is 5.08. The summed E-state index contributed by atoms with van der Waals surface area (Å²) in [6, 6.07) is 10.0. The number of hydrogen-bond acceptors (Lipinski definition) is 3. The highest BCUT2D eigenvalue weighted by atomic mass is 35.5. The molecule has 0 radical (unpaired) electrons. The number of halogens is 3. The van der Waals surface area contributed by atoms with Gasteiger partial charge in [-0.3, -0.25) is 4.79 Å². The predicted molar refractivity (Wildman–Crippen MR) is 110 cm³/mol. The van der Waals surface area contributed by atoms with Crippen LogP contribution in [-0.4, -0.2) is 22.9 Å². The van der Waals surface area contributed by atoms with E-state index >= 15 is 0 Å². The molecule has 1 heterocycles. The first kappa shape index (κ1) is 22.0. The third-order valence-electron chi connectivity index (χ3n) is 4.92. The van der Waals surface area contributed by atoms with Crippen LogP contribution in [0.4, 0.5) is 8.78 Å². The second kappa shape index (κ2) is 8.96. The van der Waals surface area contributed by atoms with Gasteiger partial charge in [-0.15, -0.1) is 0 Å². The van der Waals surface area contributed by atoms with Crippen LogP contribution in [-0.2, 0) is 20.9 Å². The first-order valence-corrected chi connectivity index (χ1v) is 9.96. The van der Waals surface area contributed by atoms with Crippen LogP contribution in [0.15, 0.2) is 53.7 Å². The normalized spacial score (nSPS) is 17.0. The molecule has 0 unspecified atom stereocenters. The van der Waals surface area contributed by atoms with Crippen molar-refractivity contribution in [2.24, 2.45) is 0 Å². The van der Waals surface area contributed by atoms with Gasteiger partial charge in [0.2, 0.25) is 5.91 Å². The van der Waals surface area contributed by atoms with Gasteiger partial charge in [0.25, 0.3) is 0 Å². The van der Waals surface area contributed by atoms with Gasteiger partial charge < -0.3 is 9.64 Å². The van der Waals surface area contributed by atoms with Crippen LogP contribution in [0.3, 0.4) is 0 Å². The van der Waals surface area contributed by atoms with Crippen molar-refractivity contribution in [3.05, 3.63) is 81.5 Å². The van der Waals surface area contributed by atoms with E-state index < -0.39 is 23.5 Å². The summed E-state index contributed by atoms with van der Waals surface area (Å²) in [4.78, 5) is 27.2. The average molecular weight is 434 g/mol. The van der Waals surface area contributed by atoms with E-state index in [2.05, 4.69) is 0 Å². The molecular weight excluding hydrogens is 412 g/mol. The fourth-order valence-electron chi connectivity index (χ4n) is 3.61. The van der Waals surface area contributed by atoms with Crippen LogP contribution in [0, 0.1) is 11.6 Å². The Labute approximate surface area is 179 Å². The molecule has 1 aliphatic heterocycles. The van der Waals surface area contributed by atoms with Gasteiger partial charge in [0.05, 0.1) is 18.2 Å². The zero-order chi connectivity index (χ0) is 22.0. The van der Waals surface area contributed by atoms with Crippen molar-refractivity contribution in [1.82, 2.24) is 4.90 Å². The molecule has 0 saturated heterocycles. The minimum atomic E-state index is -0.727. The Kier molecular flexibility index (Phi) is 6.56. The molecule has 2 aromatic carbocycles. The Morgan fingerprint density at radius 2 is 1.77 bits per heavy atom. The van der Waals surface area contributed by atoms with Crippen LogP contribution in [0.5, 0.6) is 0 Å². The number of ether oxygens (including phenoxy) is 1. The SMILES string of the molecule is CC1=C(C(=O)OC(C)C)[C@@H](c2ccc(Cl)cc2)CC(=O)N1Cc1cc(F)cc(F)c1. The number of nitrogens with zero attached hydrogens (tertiary/aromatic N) is 1. The molecule has 0 bridgehead atoms. The molecule has 0 fully saturated rings. The highest BCUT2D eigenvalue weighted by Gasteiger charge is 2.37. The van der Waals surface area contributed by atoms with Crippen molar-refractivity contribution in [3.8, 4) is 0 Å². The molecule has 0 spiro atoms. The average Bonchev–Trinajstić information content (AvgIpc) is 2.64. The van der Waals surface area contributed by atoms with E-state index in [0.29, 0.717) is 21.9 Å². The zero-order valence-electron chi connectivity index (χ0n) is 16.9. The van der Waals surface area contributed by atoms with E-state index in [1.165, 1.54) is 17.0 Å². The summed E-state index contributed by atoms with van der Waals surface area (Å²) < 4.78 is 32.6. The van der Waals surface area contributed by atoms with Crippen molar-refractivity contribution in [2.75, 3.05) is 0 Å². The van der Waals surface area contributed by atoms with Crippen LogP contribution in [0.2, 0.25) is 5.02 Å². The van der Waals surface area contributed by atoms with Gasteiger partial charge in [-0.2, -0.15) is 0 Å². The fraction of sp³-hybridized carbons (Fsp3) is 0.304. The Bertz CT molecular complexity index is 982. The van der Waals surface area contributed by atoms with E-state index in [1.807, 2.05) is 0 Å². The molecule has 0 aliphatic carbocycles. The molecule has 1 amide bonds. The second-order valence-electron chi connectivity index (χ2n) is 7.52. The van der Waals surface area contributed by atoms with Gasteiger partial charge in [-0.25, -0.2) is 13.6 Å². The summed E-state index contributed by atoms with van der Waals surface area (Å²) in [7, 11) is 0. The van der Waals surface area contributed by atoms with E-state index in [-0.39, 0.29) is 25.0 Å². The molecule has 2 aromatic rings. The third kappa shape index (κ3) is 4.87. The van der Waals surface area contributed by atoms with Gasteiger partial charge in [0.15, 0.2) is 0 Å². The molecule has 1 atom stereocenters. The number of carbonyl (C=O) groups excluding carboxylic acids is 2. The van der Waals surface area contributed by atoms with Crippen LogP contribution in [0.1, 0.15) is 44.2 Å². The van der Waals surface area contributed by atoms with Crippen molar-refractivity contribution >= 4 is 23.5 Å². The maximum absolute atomic E-state index is 13.6. The Morgan fingerprint density at radius 3 is 2.33 bits per heavy atom. The number of allylic oxidation sites excluding steroid dienone is 1. The van der Waals surface area contributed by atoms with E-state index in [1.54, 1.807) is 45.0 Å². The molecule has 30 heavy (non-hydrogen) atoms. The van der Waals surface area contributed by atoms with Crippen molar-refractivity contribution in [2.45, 2.75) is 45.8 Å². The van der Waals surface area contributed by atoms with Crippen LogP contribution in [0.25, 0.3) is 0 Å². The molecule has 1 aliphatic rings. The van der Waals surface area contributed by atoms with Crippen molar-refractivity contribution in [3.63, 3.8) is 0 Å². The molecule has 0 N–H and O–H groups in total. The molecular formula is C23H22ClF2NO3. The van der Waals surface area contributed by atoms with Crippen molar-refractivity contribution in [1.29, 1.82) is 0 Å². The molecule has 0 saturated carbocycles. The number of esters is 1. The van der Waals surface area contributed by atoms with Gasteiger partial charge in [-0.05, 0) is 56.2 Å². The molecule has 7 heteroatoms. The molecule has 158 valence electrons. The molecule has 3 rings (SSSR count). The monoisotopic (exact) mass is 433 g/mol. The summed E-state index contributed by atoms with van der Waals surface area (Å²) in [5.74, 6) is -2.73. The van der Waals surface area contributed by atoms with E-state index in [4.69, 9.17) is 16.3 Å². The van der Waals surface area contributed by atoms with E-state index in [9.17, 15) is 18.4 Å². The lowest BCUT2D eigenvalue weighted by Crippen LogP contribution is -2.38. The number of benzene rings is 2. The van der Waals surface area contributed by atoms with Crippen LogP contribution < -0.4 is 0 Å². The Morgan fingerprint density at radius 1 is 1.17 bits per heavy atom. The minimum Gasteiger partial charge on any atom is -0.460 e. The molecule has 4 nitrogen and oxygen atoms in total. The predicted octanol–water partition coefficient (Wildman–Crippen LogP) is 5.36. The van der Waals surface area contributed by atoms with Gasteiger partial charge in [0.1, 0.15) is 11.6 Å². The smallest absolute Gasteiger partial charge is 0.336 e. The molecule has 0 aromatic heterocycles. The highest BCUT2D eigenvalue weighted by Crippen LogP contribution is 2.38. The summed E-state index contributed by atoms with van der Waals surface area (Å²) >= 11 is 5.97. The van der Waals surface area contributed by atoms with Crippen molar-refractivity contribution < 1.29 is 23.1 Å².